The molecular formula is C10H11BrF3N3O. The average molecular weight is 326 g/mol. The molecule has 18 heavy (non-hydrogen) atoms. The highest BCUT2D eigenvalue weighted by molar-refractivity contribution is 9.10. The summed E-state index contributed by atoms with van der Waals surface area (Å²) in [6.07, 6.45) is -4.44. The average Bonchev–Trinajstić information content (AvgIpc) is 2.22. The summed E-state index contributed by atoms with van der Waals surface area (Å²) in [5.74, 6) is 0. The van der Waals surface area contributed by atoms with Crippen LogP contribution in [-0.4, -0.2) is 18.8 Å². The molecule has 0 bridgehead atoms. The van der Waals surface area contributed by atoms with Crippen molar-refractivity contribution in [3.63, 3.8) is 0 Å². The summed E-state index contributed by atoms with van der Waals surface area (Å²) in [5.41, 5.74) is 7.17. The third-order valence-corrected chi connectivity index (χ3v) is 2.71. The molecule has 0 aliphatic rings. The molecular weight excluding hydrogens is 315 g/mol. The molecule has 2 amide bonds. The van der Waals surface area contributed by atoms with E-state index >= 15 is 0 Å². The predicted octanol–water partition coefficient (Wildman–Crippen LogP) is 3.02. The van der Waals surface area contributed by atoms with Gasteiger partial charge in [0.1, 0.15) is 6.54 Å². The van der Waals surface area contributed by atoms with Crippen molar-refractivity contribution in [1.29, 1.82) is 0 Å². The molecule has 1 rings (SSSR count). The summed E-state index contributed by atoms with van der Waals surface area (Å²) in [7, 11) is 0. The van der Waals surface area contributed by atoms with Crippen LogP contribution in [0.2, 0.25) is 0 Å². The van der Waals surface area contributed by atoms with Crippen molar-refractivity contribution in [1.82, 2.24) is 5.32 Å². The summed E-state index contributed by atoms with van der Waals surface area (Å²) in [6, 6.07) is 2.18. The predicted molar refractivity (Wildman–Crippen MR) is 66.4 cm³/mol. The Kier molecular flexibility index (Phi) is 4.44. The topological polar surface area (TPSA) is 67.2 Å². The van der Waals surface area contributed by atoms with Gasteiger partial charge in [0.15, 0.2) is 0 Å². The van der Waals surface area contributed by atoms with Crippen molar-refractivity contribution in [3.8, 4) is 0 Å². The van der Waals surface area contributed by atoms with Crippen LogP contribution in [0, 0.1) is 6.92 Å². The van der Waals surface area contributed by atoms with Crippen molar-refractivity contribution in [2.75, 3.05) is 17.6 Å². The molecule has 0 spiro atoms. The molecule has 8 heteroatoms. The number of nitrogen functional groups attached to an aromatic ring is 1. The lowest BCUT2D eigenvalue weighted by Crippen LogP contribution is -2.36. The Balaban J connectivity index is 2.68. The van der Waals surface area contributed by atoms with Gasteiger partial charge in [0.05, 0.1) is 5.69 Å². The van der Waals surface area contributed by atoms with Gasteiger partial charge >= 0.3 is 12.2 Å². The van der Waals surface area contributed by atoms with Gasteiger partial charge in [-0.3, -0.25) is 0 Å². The maximum Gasteiger partial charge on any atom is 0.405 e. The van der Waals surface area contributed by atoms with Crippen LogP contribution in [-0.2, 0) is 0 Å². The van der Waals surface area contributed by atoms with Gasteiger partial charge in [0, 0.05) is 10.2 Å². The summed E-state index contributed by atoms with van der Waals surface area (Å²) in [5, 5.41) is 3.97. The highest BCUT2D eigenvalue weighted by Crippen LogP contribution is 2.27. The molecule has 4 nitrogen and oxygen atoms in total. The van der Waals surface area contributed by atoms with Crippen LogP contribution in [0.25, 0.3) is 0 Å². The van der Waals surface area contributed by atoms with Gasteiger partial charge in [-0.1, -0.05) is 0 Å². The Morgan fingerprint density at radius 2 is 2.06 bits per heavy atom. The summed E-state index contributed by atoms with van der Waals surface area (Å²) in [6.45, 7) is 0.380. The van der Waals surface area contributed by atoms with Crippen LogP contribution in [0.3, 0.4) is 0 Å². The number of urea groups is 1. The zero-order valence-corrected chi connectivity index (χ0v) is 10.9. The fourth-order valence-corrected chi connectivity index (χ4v) is 1.69. The Labute approximate surface area is 110 Å². The lowest BCUT2D eigenvalue weighted by Gasteiger charge is -2.12. The first-order chi connectivity index (χ1) is 8.19. The zero-order chi connectivity index (χ0) is 13.9. The summed E-state index contributed by atoms with van der Waals surface area (Å²) >= 11 is 3.18. The maximum absolute atomic E-state index is 11.9. The van der Waals surface area contributed by atoms with Crippen molar-refractivity contribution in [2.45, 2.75) is 13.1 Å². The summed E-state index contributed by atoms with van der Waals surface area (Å²) < 4.78 is 36.2. The normalized spacial score (nSPS) is 11.2. The van der Waals surface area contributed by atoms with Gasteiger partial charge < -0.3 is 16.4 Å². The monoisotopic (exact) mass is 325 g/mol. The molecule has 0 aliphatic carbocycles. The Hall–Kier alpha value is -1.44. The number of benzene rings is 1. The van der Waals surface area contributed by atoms with Gasteiger partial charge in [-0.2, -0.15) is 13.2 Å². The number of aryl methyl sites for hydroxylation is 1. The number of nitrogens with two attached hydrogens (primary N) is 1. The van der Waals surface area contributed by atoms with Gasteiger partial charge in [0.25, 0.3) is 0 Å². The molecule has 4 N–H and O–H groups in total. The van der Waals surface area contributed by atoms with Gasteiger partial charge in [-0.15, -0.1) is 0 Å². The Morgan fingerprint density at radius 1 is 1.44 bits per heavy atom. The molecule has 0 aromatic heterocycles. The second-order valence-electron chi connectivity index (χ2n) is 3.61. The minimum Gasteiger partial charge on any atom is -0.398 e. The number of anilines is 2. The minimum absolute atomic E-state index is 0.303. The lowest BCUT2D eigenvalue weighted by molar-refractivity contribution is -0.122. The number of carbonyl (C=O) groups excluding carboxylic acids is 1. The number of rotatable bonds is 2. The van der Waals surface area contributed by atoms with E-state index in [9.17, 15) is 18.0 Å². The molecule has 1 aromatic carbocycles. The second-order valence-corrected chi connectivity index (χ2v) is 4.47. The molecule has 0 heterocycles. The Bertz CT molecular complexity index is 462. The number of alkyl halides is 3. The van der Waals surface area contributed by atoms with E-state index in [1.807, 2.05) is 0 Å². The molecule has 100 valence electrons. The first-order valence-electron chi connectivity index (χ1n) is 4.86. The van der Waals surface area contributed by atoms with E-state index in [0.29, 0.717) is 15.8 Å². The van der Waals surface area contributed by atoms with E-state index in [-0.39, 0.29) is 0 Å². The van der Waals surface area contributed by atoms with E-state index in [1.54, 1.807) is 18.3 Å². The van der Waals surface area contributed by atoms with Crippen LogP contribution in [0.1, 0.15) is 5.56 Å². The third-order valence-electron chi connectivity index (χ3n) is 2.05. The first kappa shape index (κ1) is 14.6. The zero-order valence-electron chi connectivity index (χ0n) is 9.36. The number of carbonyl (C=O) groups is 1. The fraction of sp³-hybridized carbons (Fsp3) is 0.300. The Morgan fingerprint density at radius 3 is 2.61 bits per heavy atom. The van der Waals surface area contributed by atoms with Crippen molar-refractivity contribution >= 4 is 33.3 Å². The highest BCUT2D eigenvalue weighted by Gasteiger charge is 2.27. The van der Waals surface area contributed by atoms with E-state index < -0.39 is 18.8 Å². The fourth-order valence-electron chi connectivity index (χ4n) is 1.13. The van der Waals surface area contributed by atoms with E-state index in [0.717, 1.165) is 5.56 Å². The van der Waals surface area contributed by atoms with Gasteiger partial charge in [0.2, 0.25) is 0 Å². The van der Waals surface area contributed by atoms with Crippen molar-refractivity contribution in [3.05, 3.63) is 22.2 Å². The van der Waals surface area contributed by atoms with E-state index in [1.165, 1.54) is 6.07 Å². The lowest BCUT2D eigenvalue weighted by atomic mass is 10.2. The number of hydrogen-bond acceptors (Lipinski definition) is 2. The van der Waals surface area contributed by atoms with Crippen LogP contribution < -0.4 is 16.4 Å². The van der Waals surface area contributed by atoms with Crippen LogP contribution >= 0.6 is 15.9 Å². The van der Waals surface area contributed by atoms with Crippen LogP contribution in [0.5, 0.6) is 0 Å². The minimum atomic E-state index is -4.44. The molecule has 0 fully saturated rings. The van der Waals surface area contributed by atoms with Gasteiger partial charge in [-0.25, -0.2) is 4.79 Å². The molecule has 0 aliphatic heterocycles. The molecule has 0 saturated heterocycles. The van der Waals surface area contributed by atoms with Crippen LogP contribution in [0.15, 0.2) is 16.6 Å². The smallest absolute Gasteiger partial charge is 0.398 e. The summed E-state index contributed by atoms with van der Waals surface area (Å²) in [4.78, 5) is 11.2. The SMILES string of the molecule is Cc1cc(Br)c(NC(=O)NCC(F)(F)F)cc1N. The molecule has 0 saturated carbocycles. The second kappa shape index (κ2) is 5.47. The van der Waals surface area contributed by atoms with Crippen molar-refractivity contribution in [2.24, 2.45) is 0 Å². The van der Waals surface area contributed by atoms with Gasteiger partial charge in [-0.05, 0) is 40.5 Å². The number of hydrogen-bond donors (Lipinski definition) is 3. The number of nitrogens with one attached hydrogen (secondary N) is 2. The maximum atomic E-state index is 11.9. The molecule has 0 unspecified atom stereocenters. The molecule has 0 radical (unpaired) electrons. The highest BCUT2D eigenvalue weighted by atomic mass is 79.9. The quantitative estimate of drug-likeness (QED) is 0.732. The largest absolute Gasteiger partial charge is 0.405 e. The standard InChI is InChI=1S/C10H11BrF3N3O/c1-5-2-6(11)8(3-7(5)15)17-9(18)16-4-10(12,13)14/h2-3H,4,15H2,1H3,(H2,16,17,18). The first-order valence-corrected chi connectivity index (χ1v) is 5.65. The number of halogens is 4. The van der Waals surface area contributed by atoms with E-state index in [4.69, 9.17) is 5.73 Å². The van der Waals surface area contributed by atoms with E-state index in [2.05, 4.69) is 21.2 Å². The van der Waals surface area contributed by atoms with Crippen LogP contribution in [0.4, 0.5) is 29.3 Å². The molecule has 0 atom stereocenters. The molecule has 1 aromatic rings. The van der Waals surface area contributed by atoms with Crippen molar-refractivity contribution < 1.29 is 18.0 Å². The third kappa shape index (κ3) is 4.44. The number of amides is 2.